The third-order valence-corrected chi connectivity index (χ3v) is 4.64. The lowest BCUT2D eigenvalue weighted by atomic mass is 9.99. The molecule has 0 aromatic heterocycles. The average molecular weight is 341 g/mol. The number of nitrogens with zero attached hydrogens (tertiary/aromatic N) is 1. The van der Waals surface area contributed by atoms with Crippen LogP contribution in [-0.2, 0) is 0 Å². The fourth-order valence-electron chi connectivity index (χ4n) is 2.40. The molecule has 0 radical (unpaired) electrons. The normalized spacial score (nSPS) is 15.5. The lowest BCUT2D eigenvalue weighted by Gasteiger charge is -2.27. The molecule has 2 rings (SSSR count). The highest BCUT2D eigenvalue weighted by Gasteiger charge is 2.14. The Morgan fingerprint density at radius 2 is 1.89 bits per heavy atom. The van der Waals surface area contributed by atoms with Crippen LogP contribution in [0.5, 0.6) is 0 Å². The third kappa shape index (κ3) is 4.12. The van der Waals surface area contributed by atoms with E-state index in [1.54, 1.807) is 0 Å². The first-order valence-electron chi connectivity index (χ1n) is 6.68. The van der Waals surface area contributed by atoms with Gasteiger partial charge in [-0.05, 0) is 60.0 Å². The quantitative estimate of drug-likeness (QED) is 0.635. The van der Waals surface area contributed by atoms with E-state index in [0.717, 1.165) is 18.1 Å². The molecule has 0 atom stereocenters. The van der Waals surface area contributed by atoms with E-state index in [1.807, 2.05) is 18.2 Å². The Bertz CT molecular complexity index is 464. The van der Waals surface area contributed by atoms with Crippen molar-refractivity contribution in [2.24, 2.45) is 0 Å². The van der Waals surface area contributed by atoms with E-state index in [1.165, 1.54) is 41.4 Å². The summed E-state index contributed by atoms with van der Waals surface area (Å²) in [6.07, 6.45) is 6.92. The zero-order valence-electron chi connectivity index (χ0n) is 11.0. The van der Waals surface area contributed by atoms with Crippen LogP contribution in [0.15, 0.2) is 47.0 Å². The summed E-state index contributed by atoms with van der Waals surface area (Å²) >= 11 is 9.68. The Labute approximate surface area is 129 Å². The minimum Gasteiger partial charge on any atom is -0.364 e. The Morgan fingerprint density at radius 1 is 1.21 bits per heavy atom. The Morgan fingerprint density at radius 3 is 2.53 bits per heavy atom. The molecule has 3 heteroatoms. The second-order valence-electron chi connectivity index (χ2n) is 4.86. The number of anilines is 1. The maximum absolute atomic E-state index is 5.95. The molecule has 1 nitrogen and oxygen atoms in total. The van der Waals surface area contributed by atoms with Crippen molar-refractivity contribution in [1.29, 1.82) is 0 Å². The predicted octanol–water partition coefficient (Wildman–Crippen LogP) is 5.56. The molecule has 0 N–H and O–H groups in total. The first kappa shape index (κ1) is 14.7. The summed E-state index contributed by atoms with van der Waals surface area (Å²) in [7, 11) is 0. The number of hydrogen-bond acceptors (Lipinski definition) is 1. The van der Waals surface area contributed by atoms with E-state index >= 15 is 0 Å². The molecule has 0 spiro atoms. The summed E-state index contributed by atoms with van der Waals surface area (Å²) in [5.41, 5.74) is 2.71. The van der Waals surface area contributed by atoms with Crippen LogP contribution in [0.2, 0.25) is 5.02 Å². The second-order valence-corrected chi connectivity index (χ2v) is 6.25. The zero-order valence-corrected chi connectivity index (χ0v) is 13.4. The van der Waals surface area contributed by atoms with E-state index in [0.29, 0.717) is 0 Å². The highest BCUT2D eigenvalue weighted by atomic mass is 79.9. The van der Waals surface area contributed by atoms with Gasteiger partial charge < -0.3 is 4.90 Å². The van der Waals surface area contributed by atoms with Gasteiger partial charge in [-0.2, -0.15) is 0 Å². The number of halogens is 2. The molecular weight excluding hydrogens is 322 g/mol. The van der Waals surface area contributed by atoms with Crippen LogP contribution in [-0.4, -0.2) is 13.1 Å². The molecule has 0 fully saturated rings. The lowest BCUT2D eigenvalue weighted by Crippen LogP contribution is -2.26. The van der Waals surface area contributed by atoms with Gasteiger partial charge in [0.15, 0.2) is 0 Å². The molecule has 19 heavy (non-hydrogen) atoms. The predicted molar refractivity (Wildman–Crippen MR) is 88.3 cm³/mol. The van der Waals surface area contributed by atoms with Crippen molar-refractivity contribution in [1.82, 2.24) is 0 Å². The molecule has 102 valence electrons. The molecule has 0 bridgehead atoms. The minimum atomic E-state index is 0.778. The van der Waals surface area contributed by atoms with Gasteiger partial charge in [0.25, 0.3) is 0 Å². The number of benzene rings is 1. The van der Waals surface area contributed by atoms with Gasteiger partial charge in [0, 0.05) is 23.8 Å². The van der Waals surface area contributed by atoms with E-state index < -0.39 is 0 Å². The molecule has 0 saturated heterocycles. The van der Waals surface area contributed by atoms with Gasteiger partial charge in [-0.25, -0.2) is 0 Å². The Kier molecular flexibility index (Phi) is 5.53. The first-order valence-corrected chi connectivity index (χ1v) is 7.85. The summed E-state index contributed by atoms with van der Waals surface area (Å²) in [4.78, 5) is 2.34. The van der Waals surface area contributed by atoms with Crippen molar-refractivity contribution in [3.05, 3.63) is 52.0 Å². The van der Waals surface area contributed by atoms with Crippen LogP contribution in [0.3, 0.4) is 0 Å². The molecule has 0 saturated carbocycles. The fourth-order valence-corrected chi connectivity index (χ4v) is 3.13. The van der Waals surface area contributed by atoms with Crippen LogP contribution in [0, 0.1) is 0 Å². The smallest absolute Gasteiger partial charge is 0.0407 e. The van der Waals surface area contributed by atoms with Crippen molar-refractivity contribution in [2.75, 3.05) is 18.0 Å². The first-order chi connectivity index (χ1) is 9.20. The Balaban J connectivity index is 2.16. The molecule has 0 unspecified atom stereocenters. The summed E-state index contributed by atoms with van der Waals surface area (Å²) in [6, 6.07) is 8.03. The molecule has 1 aromatic rings. The Hall–Kier alpha value is -0.730. The molecule has 0 aliphatic heterocycles. The van der Waals surface area contributed by atoms with Gasteiger partial charge in [0.2, 0.25) is 0 Å². The number of hydrogen-bond donors (Lipinski definition) is 0. The van der Waals surface area contributed by atoms with Gasteiger partial charge in [-0.1, -0.05) is 33.6 Å². The zero-order chi connectivity index (χ0) is 13.7. The van der Waals surface area contributed by atoms with Crippen molar-refractivity contribution >= 4 is 33.2 Å². The molecule has 1 aliphatic carbocycles. The minimum absolute atomic E-state index is 0.778. The van der Waals surface area contributed by atoms with E-state index in [9.17, 15) is 0 Å². The molecular formula is C16H19BrClN. The topological polar surface area (TPSA) is 3.24 Å². The van der Waals surface area contributed by atoms with Crippen LogP contribution < -0.4 is 4.90 Å². The number of rotatable bonds is 5. The second kappa shape index (κ2) is 7.16. The molecule has 0 amide bonds. The van der Waals surface area contributed by atoms with Crippen LogP contribution >= 0.6 is 27.5 Å². The van der Waals surface area contributed by atoms with E-state index in [4.69, 9.17) is 11.6 Å². The van der Waals surface area contributed by atoms with Crippen molar-refractivity contribution in [2.45, 2.75) is 25.7 Å². The average Bonchev–Trinajstić information content (AvgIpc) is 2.42. The highest BCUT2D eigenvalue weighted by molar-refractivity contribution is 9.11. The van der Waals surface area contributed by atoms with Crippen LogP contribution in [0.25, 0.3) is 0 Å². The monoisotopic (exact) mass is 339 g/mol. The van der Waals surface area contributed by atoms with Gasteiger partial charge in [0.05, 0.1) is 0 Å². The molecule has 0 heterocycles. The van der Waals surface area contributed by atoms with E-state index in [2.05, 4.69) is 39.5 Å². The lowest BCUT2D eigenvalue weighted by molar-refractivity contribution is 0.677. The van der Waals surface area contributed by atoms with Crippen LogP contribution in [0.4, 0.5) is 5.69 Å². The van der Waals surface area contributed by atoms with Crippen LogP contribution in [0.1, 0.15) is 25.7 Å². The van der Waals surface area contributed by atoms with Gasteiger partial charge in [-0.3, -0.25) is 0 Å². The van der Waals surface area contributed by atoms with Crippen molar-refractivity contribution in [3.63, 3.8) is 0 Å². The highest BCUT2D eigenvalue weighted by Crippen LogP contribution is 2.30. The van der Waals surface area contributed by atoms with Crippen molar-refractivity contribution < 1.29 is 0 Å². The summed E-state index contributed by atoms with van der Waals surface area (Å²) in [5.74, 6) is 0. The molecule has 1 aliphatic rings. The summed E-state index contributed by atoms with van der Waals surface area (Å²) < 4.78 is 1.39. The third-order valence-electron chi connectivity index (χ3n) is 3.43. The summed E-state index contributed by atoms with van der Waals surface area (Å²) in [5, 5.41) is 0.778. The fraction of sp³-hybridized carbons (Fsp3) is 0.375. The largest absolute Gasteiger partial charge is 0.364 e. The standard InChI is InChI=1S/C16H19BrClN/c1-2-11-19(15-9-7-14(18)8-10-15)12-13-5-3-4-6-16(13)17/h2,7-10H,1,3-6,11-12H2. The molecule has 1 aromatic carbocycles. The van der Waals surface area contributed by atoms with Crippen molar-refractivity contribution in [3.8, 4) is 0 Å². The van der Waals surface area contributed by atoms with Gasteiger partial charge >= 0.3 is 0 Å². The number of allylic oxidation sites excluding steroid dienone is 1. The summed E-state index contributed by atoms with van der Waals surface area (Å²) in [6.45, 7) is 5.68. The maximum atomic E-state index is 5.95. The SMILES string of the molecule is C=CCN(CC1=C(Br)CCCC1)c1ccc(Cl)cc1. The van der Waals surface area contributed by atoms with Gasteiger partial charge in [-0.15, -0.1) is 6.58 Å². The van der Waals surface area contributed by atoms with E-state index in [-0.39, 0.29) is 0 Å². The maximum Gasteiger partial charge on any atom is 0.0407 e. The van der Waals surface area contributed by atoms with Gasteiger partial charge in [0.1, 0.15) is 0 Å².